The second-order valence-corrected chi connectivity index (χ2v) is 9.50. The number of aromatic amines is 1. The monoisotopic (exact) mass is 493 g/mol. The highest BCUT2D eigenvalue weighted by Gasteiger charge is 2.24. The number of fused-ring (bicyclic) bond motifs is 1. The van der Waals surface area contributed by atoms with Crippen molar-refractivity contribution >= 4 is 28.4 Å². The number of aliphatic hydroxyl groups is 1. The Morgan fingerprint density at radius 1 is 0.971 bits per heavy atom. The molecular formula is C27H31N3O4S. The van der Waals surface area contributed by atoms with Crippen LogP contribution in [0.5, 0.6) is 5.75 Å². The molecule has 8 heteroatoms. The summed E-state index contributed by atoms with van der Waals surface area (Å²) in [5.41, 5.74) is 3.40. The fourth-order valence-corrected chi connectivity index (χ4v) is 4.32. The van der Waals surface area contributed by atoms with Gasteiger partial charge in [0, 0.05) is 42.4 Å². The molecule has 4 aromatic rings. The normalized spacial score (nSPS) is 11.1. The van der Waals surface area contributed by atoms with Crippen LogP contribution in [0.25, 0.3) is 27.6 Å². The van der Waals surface area contributed by atoms with E-state index in [1.54, 1.807) is 19.1 Å². The van der Waals surface area contributed by atoms with Crippen LogP contribution in [0.1, 0.15) is 26.3 Å². The number of aromatic nitrogens is 2. The minimum Gasteiger partial charge on any atom is -0.496 e. The van der Waals surface area contributed by atoms with Crippen LogP contribution in [0.2, 0.25) is 0 Å². The molecule has 0 aliphatic heterocycles. The average Bonchev–Trinajstić information content (AvgIpc) is 2.84. The van der Waals surface area contributed by atoms with E-state index in [0.29, 0.717) is 5.69 Å². The molecule has 4 rings (SSSR count). The van der Waals surface area contributed by atoms with Gasteiger partial charge in [-0.2, -0.15) is 0 Å². The van der Waals surface area contributed by atoms with Gasteiger partial charge in [0.15, 0.2) is 0 Å². The van der Waals surface area contributed by atoms with E-state index >= 15 is 0 Å². The number of methoxy groups -OCH3 is 1. The molecule has 0 amide bonds. The number of ether oxygens (including phenoxy) is 1. The van der Waals surface area contributed by atoms with Gasteiger partial charge in [0.1, 0.15) is 5.75 Å². The third kappa shape index (κ3) is 5.61. The molecule has 0 radical (unpaired) electrons. The van der Waals surface area contributed by atoms with Crippen LogP contribution in [-0.2, 0) is 5.41 Å². The number of nitrogens with zero attached hydrogens (tertiary/aromatic N) is 1. The Balaban J connectivity index is 0.00000167. The first kappa shape index (κ1) is 26.1. The van der Waals surface area contributed by atoms with E-state index in [9.17, 15) is 9.59 Å². The van der Waals surface area contributed by atoms with Gasteiger partial charge in [0.25, 0.3) is 5.56 Å². The quantitative estimate of drug-likeness (QED) is 0.341. The van der Waals surface area contributed by atoms with Crippen LogP contribution >= 0.6 is 11.9 Å². The molecule has 184 valence electrons. The zero-order valence-corrected chi connectivity index (χ0v) is 21.6. The molecular weight excluding hydrogens is 462 g/mol. The number of aliphatic hydroxyl groups excluding tert-OH is 1. The Kier molecular flexibility index (Phi) is 8.09. The first-order valence-corrected chi connectivity index (χ1v) is 12.3. The van der Waals surface area contributed by atoms with Gasteiger partial charge in [0.2, 0.25) is 0 Å². The van der Waals surface area contributed by atoms with Crippen molar-refractivity contribution < 1.29 is 9.84 Å². The Bertz CT molecular complexity index is 1450. The second-order valence-electron chi connectivity index (χ2n) is 8.89. The summed E-state index contributed by atoms with van der Waals surface area (Å²) in [5, 5.41) is 9.23. The first-order valence-electron chi connectivity index (χ1n) is 11.0. The lowest BCUT2D eigenvalue weighted by atomic mass is 9.83. The summed E-state index contributed by atoms with van der Waals surface area (Å²) in [6.45, 7) is 6.32. The number of rotatable bonds is 5. The van der Waals surface area contributed by atoms with E-state index in [-0.39, 0.29) is 5.41 Å². The predicted octanol–water partition coefficient (Wildman–Crippen LogP) is 4.95. The van der Waals surface area contributed by atoms with Gasteiger partial charge in [-0.05, 0) is 52.1 Å². The molecule has 0 saturated carbocycles. The Hall–Kier alpha value is -3.49. The van der Waals surface area contributed by atoms with E-state index in [0.717, 1.165) is 46.0 Å². The van der Waals surface area contributed by atoms with E-state index < -0.39 is 11.2 Å². The van der Waals surface area contributed by atoms with Gasteiger partial charge in [0.05, 0.1) is 12.8 Å². The van der Waals surface area contributed by atoms with Gasteiger partial charge >= 0.3 is 5.69 Å². The molecule has 0 spiro atoms. The van der Waals surface area contributed by atoms with Crippen molar-refractivity contribution in [3.63, 3.8) is 0 Å². The van der Waals surface area contributed by atoms with Crippen molar-refractivity contribution in [1.82, 2.24) is 9.55 Å². The Labute approximate surface area is 208 Å². The number of H-pyrrole nitrogens is 1. The molecule has 1 heterocycles. The van der Waals surface area contributed by atoms with Crippen molar-refractivity contribution in [2.24, 2.45) is 0 Å². The third-order valence-corrected chi connectivity index (χ3v) is 6.00. The zero-order valence-electron chi connectivity index (χ0n) is 20.8. The molecule has 1 aromatic heterocycles. The summed E-state index contributed by atoms with van der Waals surface area (Å²) in [4.78, 5) is 26.5. The molecule has 0 atom stereocenters. The minimum atomic E-state index is -0.481. The topological polar surface area (TPSA) is 96.3 Å². The Morgan fingerprint density at radius 2 is 1.66 bits per heavy atom. The first-order chi connectivity index (χ1) is 16.7. The minimum absolute atomic E-state index is 0.239. The SMILES string of the molecule is CO.COc1c(-c2ccc3cc(NSC)ccc3c2)cc(-n2ccc(=O)[nH]c2=O)cc1C(C)(C)C. The van der Waals surface area contributed by atoms with E-state index in [1.807, 2.05) is 18.4 Å². The number of nitrogens with one attached hydrogen (secondary N) is 2. The zero-order chi connectivity index (χ0) is 25.8. The molecule has 0 aliphatic rings. The van der Waals surface area contributed by atoms with Crippen molar-refractivity contribution in [2.75, 3.05) is 25.2 Å². The second kappa shape index (κ2) is 10.8. The third-order valence-electron chi connectivity index (χ3n) is 5.56. The van der Waals surface area contributed by atoms with Crippen LogP contribution in [0.4, 0.5) is 5.69 Å². The molecule has 3 aromatic carbocycles. The fourth-order valence-electron chi connectivity index (χ4n) is 3.96. The molecule has 0 saturated heterocycles. The number of hydrogen-bond donors (Lipinski definition) is 3. The lowest BCUT2D eigenvalue weighted by Crippen LogP contribution is -2.27. The maximum absolute atomic E-state index is 12.5. The van der Waals surface area contributed by atoms with Crippen molar-refractivity contribution in [1.29, 1.82) is 0 Å². The highest BCUT2D eigenvalue weighted by Crippen LogP contribution is 2.41. The molecule has 0 aliphatic carbocycles. The van der Waals surface area contributed by atoms with Gasteiger partial charge in [-0.1, -0.05) is 50.9 Å². The van der Waals surface area contributed by atoms with E-state index in [2.05, 4.69) is 66.9 Å². The highest BCUT2D eigenvalue weighted by atomic mass is 32.2. The molecule has 0 unspecified atom stereocenters. The maximum atomic E-state index is 12.5. The molecule has 0 fully saturated rings. The molecule has 7 nitrogen and oxygen atoms in total. The van der Waals surface area contributed by atoms with E-state index in [4.69, 9.17) is 9.84 Å². The molecule has 0 bridgehead atoms. The summed E-state index contributed by atoms with van der Waals surface area (Å²) in [7, 11) is 2.67. The van der Waals surface area contributed by atoms with Gasteiger partial charge in [-0.3, -0.25) is 14.3 Å². The average molecular weight is 494 g/mol. The van der Waals surface area contributed by atoms with Gasteiger partial charge in [-0.25, -0.2) is 4.79 Å². The molecule has 35 heavy (non-hydrogen) atoms. The number of hydrogen-bond acceptors (Lipinski definition) is 6. The van der Waals surface area contributed by atoms with Crippen LogP contribution < -0.4 is 20.7 Å². The van der Waals surface area contributed by atoms with E-state index in [1.165, 1.54) is 16.8 Å². The predicted molar refractivity (Wildman–Crippen MR) is 146 cm³/mol. The molecule has 3 N–H and O–H groups in total. The van der Waals surface area contributed by atoms with Gasteiger partial charge < -0.3 is 14.6 Å². The lowest BCUT2D eigenvalue weighted by molar-refractivity contribution is 0.399. The van der Waals surface area contributed by atoms with Crippen LogP contribution in [0.3, 0.4) is 0 Å². The number of anilines is 1. The summed E-state index contributed by atoms with van der Waals surface area (Å²) in [6, 6.07) is 17.8. The van der Waals surface area contributed by atoms with Crippen LogP contribution in [-0.4, -0.2) is 35.1 Å². The van der Waals surface area contributed by atoms with Crippen LogP contribution in [0, 0.1) is 0 Å². The summed E-state index contributed by atoms with van der Waals surface area (Å²) in [5.74, 6) is 0.767. The van der Waals surface area contributed by atoms with Crippen molar-refractivity contribution in [2.45, 2.75) is 26.2 Å². The summed E-state index contributed by atoms with van der Waals surface area (Å²) in [6.07, 6.45) is 3.49. The van der Waals surface area contributed by atoms with Crippen LogP contribution in [0.15, 0.2) is 70.4 Å². The van der Waals surface area contributed by atoms with Crippen molar-refractivity contribution in [3.05, 3.63) is 87.2 Å². The summed E-state index contributed by atoms with van der Waals surface area (Å²) < 4.78 is 10.6. The lowest BCUT2D eigenvalue weighted by Gasteiger charge is -2.25. The maximum Gasteiger partial charge on any atom is 0.332 e. The number of benzene rings is 3. The standard InChI is InChI=1S/C26H27N3O3S.CH4O/c1-26(2,3)22-15-20(29-11-10-23(30)27-25(29)31)14-21(24(22)32-4)18-7-6-17-13-19(28-33-5)9-8-16(17)12-18;1-2/h6-15,28H,1-5H3,(H,27,30,31);2H,1H3. The van der Waals surface area contributed by atoms with Crippen molar-refractivity contribution in [3.8, 4) is 22.6 Å². The van der Waals surface area contributed by atoms with Gasteiger partial charge in [-0.15, -0.1) is 0 Å². The summed E-state index contributed by atoms with van der Waals surface area (Å²) >= 11 is 1.56. The fraction of sp³-hybridized carbons (Fsp3) is 0.259. The Morgan fingerprint density at radius 3 is 2.29 bits per heavy atom. The highest BCUT2D eigenvalue weighted by molar-refractivity contribution is 7.99. The smallest absolute Gasteiger partial charge is 0.332 e. The largest absolute Gasteiger partial charge is 0.496 e.